The highest BCUT2D eigenvalue weighted by Gasteiger charge is 2.18. The highest BCUT2D eigenvalue weighted by molar-refractivity contribution is 5.87. The molecule has 1 fully saturated rings. The standard InChI is InChI=1S/C8H12O4/c1-6(2)8(9)12-7-3-10-5-11-4-7/h7H,1,3-5H2,2H3. The third-order valence-corrected chi connectivity index (χ3v) is 1.40. The summed E-state index contributed by atoms with van der Waals surface area (Å²) in [5.41, 5.74) is 0.389. The van der Waals surface area contributed by atoms with Gasteiger partial charge in [0.1, 0.15) is 12.9 Å². The monoisotopic (exact) mass is 172 g/mol. The topological polar surface area (TPSA) is 44.8 Å². The van der Waals surface area contributed by atoms with Crippen LogP contribution in [0.2, 0.25) is 0 Å². The van der Waals surface area contributed by atoms with Crippen molar-refractivity contribution in [1.82, 2.24) is 0 Å². The van der Waals surface area contributed by atoms with Crippen molar-refractivity contribution in [2.45, 2.75) is 13.0 Å². The van der Waals surface area contributed by atoms with Gasteiger partial charge in [0.15, 0.2) is 0 Å². The fourth-order valence-corrected chi connectivity index (χ4v) is 0.786. The van der Waals surface area contributed by atoms with Crippen LogP contribution in [0, 0.1) is 0 Å². The molecular weight excluding hydrogens is 160 g/mol. The molecule has 0 radical (unpaired) electrons. The molecule has 1 rings (SSSR count). The number of hydrogen-bond donors (Lipinski definition) is 0. The van der Waals surface area contributed by atoms with E-state index in [-0.39, 0.29) is 12.9 Å². The van der Waals surface area contributed by atoms with Gasteiger partial charge in [-0.25, -0.2) is 4.79 Å². The van der Waals surface area contributed by atoms with Crippen LogP contribution in [0.4, 0.5) is 0 Å². The van der Waals surface area contributed by atoms with E-state index in [2.05, 4.69) is 6.58 Å². The van der Waals surface area contributed by atoms with Crippen LogP contribution in [0.5, 0.6) is 0 Å². The molecule has 1 aliphatic heterocycles. The molecule has 4 nitrogen and oxygen atoms in total. The van der Waals surface area contributed by atoms with Gasteiger partial charge in [0.05, 0.1) is 13.2 Å². The second-order valence-electron chi connectivity index (χ2n) is 2.67. The van der Waals surface area contributed by atoms with Gasteiger partial charge < -0.3 is 14.2 Å². The minimum atomic E-state index is -0.394. The van der Waals surface area contributed by atoms with Gasteiger partial charge in [-0.1, -0.05) is 6.58 Å². The Morgan fingerprint density at radius 3 is 2.58 bits per heavy atom. The maximum Gasteiger partial charge on any atom is 0.333 e. The SMILES string of the molecule is C=C(C)C(=O)OC1COCOC1. The fourth-order valence-electron chi connectivity index (χ4n) is 0.786. The van der Waals surface area contributed by atoms with Gasteiger partial charge in [-0.05, 0) is 6.92 Å². The Labute approximate surface area is 71.1 Å². The van der Waals surface area contributed by atoms with Gasteiger partial charge in [0.25, 0.3) is 0 Å². The Bertz CT molecular complexity index is 181. The van der Waals surface area contributed by atoms with E-state index in [0.29, 0.717) is 18.8 Å². The molecule has 0 bridgehead atoms. The molecule has 0 N–H and O–H groups in total. The van der Waals surface area contributed by atoms with Crippen molar-refractivity contribution in [1.29, 1.82) is 0 Å². The first-order chi connectivity index (χ1) is 5.70. The highest BCUT2D eigenvalue weighted by Crippen LogP contribution is 2.04. The summed E-state index contributed by atoms with van der Waals surface area (Å²) in [6, 6.07) is 0. The van der Waals surface area contributed by atoms with Crippen LogP contribution in [0.3, 0.4) is 0 Å². The van der Waals surface area contributed by atoms with Gasteiger partial charge >= 0.3 is 5.97 Å². The van der Waals surface area contributed by atoms with E-state index in [9.17, 15) is 4.79 Å². The van der Waals surface area contributed by atoms with Crippen LogP contribution in [0.1, 0.15) is 6.92 Å². The van der Waals surface area contributed by atoms with Crippen LogP contribution in [-0.4, -0.2) is 32.1 Å². The zero-order chi connectivity index (χ0) is 8.97. The second-order valence-corrected chi connectivity index (χ2v) is 2.67. The number of hydrogen-bond acceptors (Lipinski definition) is 4. The molecule has 12 heavy (non-hydrogen) atoms. The molecule has 0 aliphatic carbocycles. The summed E-state index contributed by atoms with van der Waals surface area (Å²) in [5, 5.41) is 0. The first kappa shape index (κ1) is 9.22. The second kappa shape index (κ2) is 4.23. The third kappa shape index (κ3) is 2.64. The number of rotatable bonds is 2. The van der Waals surface area contributed by atoms with Crippen LogP contribution in [0.15, 0.2) is 12.2 Å². The summed E-state index contributed by atoms with van der Waals surface area (Å²) in [6.07, 6.45) is -0.289. The normalized spacial score (nSPS) is 18.8. The quantitative estimate of drug-likeness (QED) is 0.449. The third-order valence-electron chi connectivity index (χ3n) is 1.40. The summed E-state index contributed by atoms with van der Waals surface area (Å²) >= 11 is 0. The lowest BCUT2D eigenvalue weighted by molar-refractivity contribution is -0.179. The van der Waals surface area contributed by atoms with E-state index in [4.69, 9.17) is 14.2 Å². The molecule has 0 aromatic rings. The zero-order valence-corrected chi connectivity index (χ0v) is 7.04. The Morgan fingerprint density at radius 1 is 1.50 bits per heavy atom. The maximum absolute atomic E-state index is 11.0. The van der Waals surface area contributed by atoms with Crippen molar-refractivity contribution >= 4 is 5.97 Å². The number of ether oxygens (including phenoxy) is 3. The number of carbonyl (C=O) groups excluding carboxylic acids is 1. The van der Waals surface area contributed by atoms with Crippen LogP contribution < -0.4 is 0 Å². The maximum atomic E-state index is 11.0. The lowest BCUT2D eigenvalue weighted by atomic mass is 10.3. The Hall–Kier alpha value is -0.870. The van der Waals surface area contributed by atoms with Crippen LogP contribution in [-0.2, 0) is 19.0 Å². The van der Waals surface area contributed by atoms with Gasteiger partial charge in [-0.3, -0.25) is 0 Å². The molecule has 0 saturated carbocycles. The van der Waals surface area contributed by atoms with E-state index in [1.807, 2.05) is 0 Å². The zero-order valence-electron chi connectivity index (χ0n) is 7.04. The number of carbonyl (C=O) groups is 1. The van der Waals surface area contributed by atoms with Crippen molar-refractivity contribution in [3.05, 3.63) is 12.2 Å². The van der Waals surface area contributed by atoms with Gasteiger partial charge in [-0.2, -0.15) is 0 Å². The molecule has 0 spiro atoms. The lowest BCUT2D eigenvalue weighted by Gasteiger charge is -2.22. The van der Waals surface area contributed by atoms with E-state index in [1.54, 1.807) is 6.92 Å². The van der Waals surface area contributed by atoms with Crippen molar-refractivity contribution < 1.29 is 19.0 Å². The number of esters is 1. The average molecular weight is 172 g/mol. The van der Waals surface area contributed by atoms with Crippen LogP contribution >= 0.6 is 0 Å². The van der Waals surface area contributed by atoms with Crippen molar-refractivity contribution in [3.63, 3.8) is 0 Å². The van der Waals surface area contributed by atoms with E-state index < -0.39 is 5.97 Å². The van der Waals surface area contributed by atoms with Crippen LogP contribution in [0.25, 0.3) is 0 Å². The van der Waals surface area contributed by atoms with Crippen molar-refractivity contribution in [2.24, 2.45) is 0 Å². The summed E-state index contributed by atoms with van der Waals surface area (Å²) in [5.74, 6) is -0.394. The summed E-state index contributed by atoms with van der Waals surface area (Å²) in [4.78, 5) is 11.0. The first-order valence-corrected chi connectivity index (χ1v) is 3.72. The minimum absolute atomic E-state index is 0.279. The first-order valence-electron chi connectivity index (χ1n) is 3.72. The van der Waals surface area contributed by atoms with Gasteiger partial charge in [0, 0.05) is 5.57 Å². The summed E-state index contributed by atoms with van der Waals surface area (Å²) in [7, 11) is 0. The van der Waals surface area contributed by atoms with Crippen molar-refractivity contribution in [3.8, 4) is 0 Å². The molecule has 1 aliphatic rings. The predicted molar refractivity (Wildman–Crippen MR) is 41.5 cm³/mol. The molecule has 4 heteroatoms. The molecule has 0 unspecified atom stereocenters. The van der Waals surface area contributed by atoms with Crippen molar-refractivity contribution in [2.75, 3.05) is 20.0 Å². The van der Waals surface area contributed by atoms with E-state index >= 15 is 0 Å². The predicted octanol–water partition coefficient (Wildman–Crippen LogP) is 0.479. The Kier molecular flexibility index (Phi) is 3.25. The minimum Gasteiger partial charge on any atom is -0.454 e. The summed E-state index contributed by atoms with van der Waals surface area (Å²) < 4.78 is 14.8. The van der Waals surface area contributed by atoms with Gasteiger partial charge in [-0.15, -0.1) is 0 Å². The van der Waals surface area contributed by atoms with Gasteiger partial charge in [0.2, 0.25) is 0 Å². The molecule has 0 aromatic heterocycles. The molecule has 1 saturated heterocycles. The average Bonchev–Trinajstić information content (AvgIpc) is 2.06. The lowest BCUT2D eigenvalue weighted by Crippen LogP contribution is -2.33. The largest absolute Gasteiger partial charge is 0.454 e. The van der Waals surface area contributed by atoms with E-state index in [0.717, 1.165) is 0 Å². The smallest absolute Gasteiger partial charge is 0.333 e. The molecule has 0 amide bonds. The Balaban J connectivity index is 2.29. The van der Waals surface area contributed by atoms with E-state index in [1.165, 1.54) is 0 Å². The fraction of sp³-hybridized carbons (Fsp3) is 0.625. The molecule has 0 atom stereocenters. The summed E-state index contributed by atoms with van der Waals surface area (Å²) in [6.45, 7) is 6.15. The Morgan fingerprint density at radius 2 is 2.08 bits per heavy atom. The molecule has 68 valence electrons. The highest BCUT2D eigenvalue weighted by atomic mass is 16.7. The molecular formula is C8H12O4. The molecule has 1 heterocycles. The molecule has 0 aromatic carbocycles.